The maximum absolute atomic E-state index is 5.21. The standard InChI is InChI=1S/C14H20N2O/c1-17-13-6-4-5-12(11-13)8-10-16-14-7-2-3-9-15-14/h4-6,11H,2-3,7-10H2,1H3,(H,15,16). The zero-order chi connectivity index (χ0) is 11.9. The van der Waals surface area contributed by atoms with E-state index in [2.05, 4.69) is 22.4 Å². The number of hydrogen-bond donors (Lipinski definition) is 1. The Bertz CT molecular complexity index is 388. The molecule has 2 rings (SSSR count). The van der Waals surface area contributed by atoms with Gasteiger partial charge in [0.1, 0.15) is 5.75 Å². The smallest absolute Gasteiger partial charge is 0.119 e. The second-order valence-electron chi connectivity index (χ2n) is 4.31. The quantitative estimate of drug-likeness (QED) is 0.865. The van der Waals surface area contributed by atoms with Gasteiger partial charge >= 0.3 is 0 Å². The molecule has 0 radical (unpaired) electrons. The number of ether oxygens (including phenoxy) is 1. The first-order chi connectivity index (χ1) is 8.38. The molecule has 17 heavy (non-hydrogen) atoms. The average molecular weight is 232 g/mol. The molecule has 3 nitrogen and oxygen atoms in total. The van der Waals surface area contributed by atoms with Crippen LogP contribution in [-0.2, 0) is 6.42 Å². The molecule has 0 atom stereocenters. The predicted molar refractivity (Wildman–Crippen MR) is 70.9 cm³/mol. The van der Waals surface area contributed by atoms with Crippen LogP contribution in [0.1, 0.15) is 24.8 Å². The average Bonchev–Trinajstić information content (AvgIpc) is 2.40. The lowest BCUT2D eigenvalue weighted by Crippen LogP contribution is -2.27. The van der Waals surface area contributed by atoms with Crippen molar-refractivity contribution in [2.75, 3.05) is 20.2 Å². The van der Waals surface area contributed by atoms with Crippen molar-refractivity contribution in [2.45, 2.75) is 25.7 Å². The van der Waals surface area contributed by atoms with Gasteiger partial charge in [0.15, 0.2) is 0 Å². The number of aliphatic imine (C=N–C) groups is 1. The minimum absolute atomic E-state index is 0.928. The van der Waals surface area contributed by atoms with Gasteiger partial charge in [-0.05, 0) is 37.0 Å². The number of amidine groups is 1. The third-order valence-corrected chi connectivity index (χ3v) is 3.00. The summed E-state index contributed by atoms with van der Waals surface area (Å²) in [7, 11) is 1.70. The van der Waals surface area contributed by atoms with E-state index in [0.717, 1.165) is 31.7 Å². The molecule has 0 saturated heterocycles. The minimum Gasteiger partial charge on any atom is -0.497 e. The van der Waals surface area contributed by atoms with Crippen LogP contribution in [0.3, 0.4) is 0 Å². The molecule has 1 N–H and O–H groups in total. The molecule has 0 unspecified atom stereocenters. The first-order valence-electron chi connectivity index (χ1n) is 6.28. The van der Waals surface area contributed by atoms with Crippen LogP contribution >= 0.6 is 0 Å². The van der Waals surface area contributed by atoms with Gasteiger partial charge in [0, 0.05) is 19.5 Å². The molecule has 92 valence electrons. The Morgan fingerprint density at radius 3 is 3.06 bits per heavy atom. The van der Waals surface area contributed by atoms with Crippen molar-refractivity contribution in [1.82, 2.24) is 5.32 Å². The molecular weight excluding hydrogens is 212 g/mol. The zero-order valence-corrected chi connectivity index (χ0v) is 10.4. The summed E-state index contributed by atoms with van der Waals surface area (Å²) in [6, 6.07) is 8.23. The molecule has 1 aliphatic rings. The van der Waals surface area contributed by atoms with Crippen LogP contribution in [0.5, 0.6) is 5.75 Å². The second-order valence-corrected chi connectivity index (χ2v) is 4.31. The monoisotopic (exact) mass is 232 g/mol. The summed E-state index contributed by atoms with van der Waals surface area (Å²) in [6.45, 7) is 1.94. The number of nitrogens with zero attached hydrogens (tertiary/aromatic N) is 1. The lowest BCUT2D eigenvalue weighted by atomic mass is 10.1. The van der Waals surface area contributed by atoms with Gasteiger partial charge in [0.25, 0.3) is 0 Å². The molecule has 0 spiro atoms. The van der Waals surface area contributed by atoms with Crippen LogP contribution < -0.4 is 10.1 Å². The van der Waals surface area contributed by atoms with Crippen molar-refractivity contribution in [2.24, 2.45) is 4.99 Å². The van der Waals surface area contributed by atoms with Crippen molar-refractivity contribution < 1.29 is 4.74 Å². The SMILES string of the molecule is COc1cccc(CCNC2=NCCCC2)c1. The predicted octanol–water partition coefficient (Wildman–Crippen LogP) is 2.41. The summed E-state index contributed by atoms with van der Waals surface area (Å²) in [4.78, 5) is 4.48. The van der Waals surface area contributed by atoms with Gasteiger partial charge in [-0.25, -0.2) is 0 Å². The van der Waals surface area contributed by atoms with E-state index in [1.807, 2.05) is 12.1 Å². The Kier molecular flexibility index (Phi) is 4.42. The molecule has 1 aliphatic heterocycles. The Balaban J connectivity index is 1.79. The van der Waals surface area contributed by atoms with Gasteiger partial charge in [0.2, 0.25) is 0 Å². The number of rotatable bonds is 4. The van der Waals surface area contributed by atoms with E-state index in [0.29, 0.717) is 0 Å². The summed E-state index contributed by atoms with van der Waals surface area (Å²) in [6.07, 6.45) is 4.63. The van der Waals surface area contributed by atoms with Crippen LogP contribution in [0, 0.1) is 0 Å². The van der Waals surface area contributed by atoms with Crippen LogP contribution in [0.2, 0.25) is 0 Å². The molecule has 0 bridgehead atoms. The molecule has 0 aromatic heterocycles. The van der Waals surface area contributed by atoms with E-state index in [1.165, 1.54) is 24.2 Å². The topological polar surface area (TPSA) is 33.6 Å². The fourth-order valence-electron chi connectivity index (χ4n) is 2.02. The third-order valence-electron chi connectivity index (χ3n) is 3.00. The Labute approximate surface area is 103 Å². The molecule has 1 aromatic rings. The first-order valence-corrected chi connectivity index (χ1v) is 6.28. The van der Waals surface area contributed by atoms with Crippen molar-refractivity contribution >= 4 is 5.84 Å². The lowest BCUT2D eigenvalue weighted by Gasteiger charge is -2.13. The summed E-state index contributed by atoms with van der Waals surface area (Å²) in [5.74, 6) is 2.11. The van der Waals surface area contributed by atoms with E-state index in [9.17, 15) is 0 Å². The molecule has 0 aliphatic carbocycles. The molecule has 0 fully saturated rings. The Hall–Kier alpha value is -1.51. The Morgan fingerprint density at radius 2 is 2.29 bits per heavy atom. The van der Waals surface area contributed by atoms with Gasteiger partial charge < -0.3 is 10.1 Å². The van der Waals surface area contributed by atoms with E-state index >= 15 is 0 Å². The number of hydrogen-bond acceptors (Lipinski definition) is 3. The molecule has 0 amide bonds. The summed E-state index contributed by atoms with van der Waals surface area (Å²) < 4.78 is 5.21. The second kappa shape index (κ2) is 6.28. The maximum atomic E-state index is 5.21. The van der Waals surface area contributed by atoms with E-state index in [-0.39, 0.29) is 0 Å². The van der Waals surface area contributed by atoms with Gasteiger partial charge in [-0.3, -0.25) is 4.99 Å². The first kappa shape index (κ1) is 12.0. The maximum Gasteiger partial charge on any atom is 0.119 e. The zero-order valence-electron chi connectivity index (χ0n) is 10.4. The summed E-state index contributed by atoms with van der Waals surface area (Å²) in [5.41, 5.74) is 1.30. The van der Waals surface area contributed by atoms with Crippen molar-refractivity contribution in [3.8, 4) is 5.75 Å². The van der Waals surface area contributed by atoms with E-state index in [4.69, 9.17) is 4.74 Å². The van der Waals surface area contributed by atoms with E-state index in [1.54, 1.807) is 7.11 Å². The highest BCUT2D eigenvalue weighted by molar-refractivity contribution is 5.82. The van der Waals surface area contributed by atoms with E-state index < -0.39 is 0 Å². The van der Waals surface area contributed by atoms with Crippen LogP contribution in [0.15, 0.2) is 29.3 Å². The highest BCUT2D eigenvalue weighted by Gasteiger charge is 2.04. The van der Waals surface area contributed by atoms with Crippen molar-refractivity contribution in [3.63, 3.8) is 0 Å². The lowest BCUT2D eigenvalue weighted by molar-refractivity contribution is 0.414. The van der Waals surface area contributed by atoms with Crippen molar-refractivity contribution in [3.05, 3.63) is 29.8 Å². The number of benzene rings is 1. The summed E-state index contributed by atoms with van der Waals surface area (Å²) >= 11 is 0. The molecule has 1 aromatic carbocycles. The highest BCUT2D eigenvalue weighted by Crippen LogP contribution is 2.12. The number of methoxy groups -OCH3 is 1. The fourth-order valence-corrected chi connectivity index (χ4v) is 2.02. The van der Waals surface area contributed by atoms with Crippen molar-refractivity contribution in [1.29, 1.82) is 0 Å². The van der Waals surface area contributed by atoms with Gasteiger partial charge in [-0.2, -0.15) is 0 Å². The van der Waals surface area contributed by atoms with Crippen LogP contribution in [0.25, 0.3) is 0 Å². The molecule has 3 heteroatoms. The largest absolute Gasteiger partial charge is 0.497 e. The van der Waals surface area contributed by atoms with Crippen LogP contribution in [0.4, 0.5) is 0 Å². The normalized spacial score (nSPS) is 15.2. The fraction of sp³-hybridized carbons (Fsp3) is 0.500. The summed E-state index contributed by atoms with van der Waals surface area (Å²) in [5, 5.41) is 3.42. The van der Waals surface area contributed by atoms with Gasteiger partial charge in [-0.15, -0.1) is 0 Å². The third kappa shape index (κ3) is 3.77. The highest BCUT2D eigenvalue weighted by atomic mass is 16.5. The minimum atomic E-state index is 0.928. The van der Waals surface area contributed by atoms with Crippen LogP contribution in [-0.4, -0.2) is 26.0 Å². The molecular formula is C14H20N2O. The van der Waals surface area contributed by atoms with Gasteiger partial charge in [0.05, 0.1) is 12.9 Å². The molecule has 0 saturated carbocycles. The molecule has 1 heterocycles. The van der Waals surface area contributed by atoms with Gasteiger partial charge in [-0.1, -0.05) is 12.1 Å². The Morgan fingerprint density at radius 1 is 1.35 bits per heavy atom. The number of nitrogens with one attached hydrogen (secondary N) is 1.